The van der Waals surface area contributed by atoms with Crippen LogP contribution < -0.4 is 5.32 Å². The third kappa shape index (κ3) is 6.02. The smallest absolute Gasteiger partial charge is 0.254 e. The van der Waals surface area contributed by atoms with E-state index >= 15 is 0 Å². The second-order valence-electron chi connectivity index (χ2n) is 6.41. The van der Waals surface area contributed by atoms with Crippen LogP contribution in [0.2, 0.25) is 0 Å². The van der Waals surface area contributed by atoms with Crippen LogP contribution in [0.1, 0.15) is 38.1 Å². The van der Waals surface area contributed by atoms with Crippen molar-refractivity contribution in [2.24, 2.45) is 0 Å². The average Bonchev–Trinajstić information content (AvgIpc) is 2.41. The van der Waals surface area contributed by atoms with E-state index in [0.29, 0.717) is 12.1 Å². The lowest BCUT2D eigenvalue weighted by molar-refractivity contribution is -0.123. The fourth-order valence-electron chi connectivity index (χ4n) is 1.99. The first-order valence-corrected chi connectivity index (χ1v) is 9.23. The van der Waals surface area contributed by atoms with Gasteiger partial charge < -0.3 is 10.2 Å². The molecule has 0 saturated carbocycles. The number of likely N-dealkylation sites (N-methyl/N-ethyl adjacent to an activating group) is 1. The van der Waals surface area contributed by atoms with Gasteiger partial charge in [-0.3, -0.25) is 9.59 Å². The zero-order valence-corrected chi connectivity index (χ0v) is 15.0. The minimum Gasteiger partial charge on any atom is -0.350 e. The predicted molar refractivity (Wildman–Crippen MR) is 89.0 cm³/mol. The van der Waals surface area contributed by atoms with Crippen LogP contribution in [-0.2, 0) is 14.6 Å². The highest BCUT2D eigenvalue weighted by atomic mass is 32.2. The maximum absolute atomic E-state index is 12.4. The molecule has 2 amide bonds. The van der Waals surface area contributed by atoms with E-state index in [2.05, 4.69) is 5.32 Å². The fraction of sp³-hybridized carbons (Fsp3) is 0.500. The highest BCUT2D eigenvalue weighted by Gasteiger charge is 2.20. The molecule has 0 bridgehead atoms. The molecular weight excluding hydrogens is 316 g/mol. The Kier molecular flexibility index (Phi) is 5.93. The number of rotatable bonds is 5. The van der Waals surface area contributed by atoms with Crippen molar-refractivity contribution in [3.63, 3.8) is 0 Å². The lowest BCUT2D eigenvalue weighted by Crippen LogP contribution is -2.47. The van der Waals surface area contributed by atoms with Crippen molar-refractivity contribution in [1.82, 2.24) is 10.2 Å². The van der Waals surface area contributed by atoms with Crippen molar-refractivity contribution >= 4 is 21.7 Å². The van der Waals surface area contributed by atoms with E-state index in [9.17, 15) is 18.0 Å². The van der Waals surface area contributed by atoms with Gasteiger partial charge in [0.25, 0.3) is 5.91 Å². The highest BCUT2D eigenvalue weighted by Crippen LogP contribution is 2.12. The van der Waals surface area contributed by atoms with Gasteiger partial charge in [0.05, 0.1) is 11.4 Å². The molecule has 0 radical (unpaired) electrons. The van der Waals surface area contributed by atoms with Crippen LogP contribution in [0.25, 0.3) is 0 Å². The lowest BCUT2D eigenvalue weighted by atomic mass is 10.1. The van der Waals surface area contributed by atoms with E-state index in [-0.39, 0.29) is 28.8 Å². The molecule has 1 rings (SSSR count). The first-order chi connectivity index (χ1) is 10.4. The number of nitrogens with zero attached hydrogens (tertiary/aromatic N) is 1. The summed E-state index contributed by atoms with van der Waals surface area (Å²) in [7, 11) is -3.30. The molecule has 0 aromatic heterocycles. The first-order valence-electron chi connectivity index (χ1n) is 7.34. The number of carbonyl (C=O) groups excluding carboxylic acids is 2. The summed E-state index contributed by atoms with van der Waals surface area (Å²) < 4.78 is 22.9. The molecule has 0 aliphatic heterocycles. The minimum absolute atomic E-state index is 0.0412. The molecule has 0 unspecified atom stereocenters. The van der Waals surface area contributed by atoms with Crippen LogP contribution >= 0.6 is 0 Å². The molecule has 1 aromatic carbocycles. The Morgan fingerprint density at radius 1 is 1.13 bits per heavy atom. The monoisotopic (exact) mass is 340 g/mol. The van der Waals surface area contributed by atoms with Crippen LogP contribution in [-0.4, -0.2) is 50.0 Å². The van der Waals surface area contributed by atoms with Gasteiger partial charge in [0.2, 0.25) is 5.91 Å². The Labute approximate surface area is 137 Å². The molecule has 0 spiro atoms. The van der Waals surface area contributed by atoms with Gasteiger partial charge in [-0.25, -0.2) is 8.42 Å². The molecular formula is C16H24N2O4S. The number of hydrogen-bond donors (Lipinski definition) is 1. The number of sulfone groups is 1. The van der Waals surface area contributed by atoms with E-state index in [4.69, 9.17) is 0 Å². The summed E-state index contributed by atoms with van der Waals surface area (Å²) in [5.74, 6) is -0.544. The molecule has 1 aromatic rings. The molecule has 0 heterocycles. The van der Waals surface area contributed by atoms with Crippen LogP contribution in [0.5, 0.6) is 0 Å². The maximum Gasteiger partial charge on any atom is 0.254 e. The third-order valence-corrected chi connectivity index (χ3v) is 4.18. The number of nitrogens with one attached hydrogen (secondary N) is 1. The summed E-state index contributed by atoms with van der Waals surface area (Å²) in [5, 5.41) is 2.81. The topological polar surface area (TPSA) is 83.6 Å². The summed E-state index contributed by atoms with van der Waals surface area (Å²) in [6.45, 7) is 7.73. The Bertz CT molecular complexity index is 673. The van der Waals surface area contributed by atoms with Crippen LogP contribution in [0.3, 0.4) is 0 Å². The highest BCUT2D eigenvalue weighted by molar-refractivity contribution is 7.90. The third-order valence-electron chi connectivity index (χ3n) is 3.05. The molecule has 23 heavy (non-hydrogen) atoms. The van der Waals surface area contributed by atoms with Gasteiger partial charge in [0, 0.05) is 23.9 Å². The largest absolute Gasteiger partial charge is 0.350 e. The van der Waals surface area contributed by atoms with E-state index in [1.807, 2.05) is 20.8 Å². The number of hydrogen-bond acceptors (Lipinski definition) is 4. The van der Waals surface area contributed by atoms with Gasteiger partial charge >= 0.3 is 0 Å². The molecule has 6 nitrogen and oxygen atoms in total. The molecule has 0 atom stereocenters. The summed E-state index contributed by atoms with van der Waals surface area (Å²) >= 11 is 0. The van der Waals surface area contributed by atoms with Crippen molar-refractivity contribution in [3.05, 3.63) is 29.8 Å². The number of amides is 2. The quantitative estimate of drug-likeness (QED) is 0.880. The van der Waals surface area contributed by atoms with E-state index in [0.717, 1.165) is 6.26 Å². The van der Waals surface area contributed by atoms with Gasteiger partial charge in [0.15, 0.2) is 9.84 Å². The van der Waals surface area contributed by atoms with Crippen molar-refractivity contribution in [1.29, 1.82) is 0 Å². The average molecular weight is 340 g/mol. The van der Waals surface area contributed by atoms with E-state index in [1.165, 1.54) is 29.2 Å². The molecule has 0 fully saturated rings. The standard InChI is InChI=1S/C16H24N2O4S/c1-6-18(11-14(19)17-16(2,3)4)15(20)12-7-9-13(10-8-12)23(5,21)22/h7-10H,6,11H2,1-5H3,(H,17,19). The van der Waals surface area contributed by atoms with Crippen LogP contribution in [0, 0.1) is 0 Å². The number of carbonyl (C=O) groups is 2. The van der Waals surface area contributed by atoms with Gasteiger partial charge in [-0.1, -0.05) is 0 Å². The zero-order chi connectivity index (χ0) is 17.8. The van der Waals surface area contributed by atoms with Gasteiger partial charge in [-0.15, -0.1) is 0 Å². The summed E-state index contributed by atoms with van der Waals surface area (Å²) in [4.78, 5) is 26.0. The normalized spacial score (nSPS) is 11.9. The Hall–Kier alpha value is -1.89. The Balaban J connectivity index is 2.86. The van der Waals surface area contributed by atoms with Crippen molar-refractivity contribution in [3.8, 4) is 0 Å². The molecule has 1 N–H and O–H groups in total. The second-order valence-corrected chi connectivity index (χ2v) is 8.43. The maximum atomic E-state index is 12.4. The van der Waals surface area contributed by atoms with Crippen LogP contribution in [0.4, 0.5) is 0 Å². The first kappa shape index (κ1) is 19.2. The minimum atomic E-state index is -3.30. The molecule has 128 valence electrons. The second kappa shape index (κ2) is 7.12. The van der Waals surface area contributed by atoms with Crippen molar-refractivity contribution < 1.29 is 18.0 Å². The van der Waals surface area contributed by atoms with Gasteiger partial charge in [-0.2, -0.15) is 0 Å². The van der Waals surface area contributed by atoms with Gasteiger partial charge in [-0.05, 0) is 52.0 Å². The number of benzene rings is 1. The molecule has 0 saturated heterocycles. The predicted octanol–water partition coefficient (Wildman–Crippen LogP) is 1.47. The van der Waals surface area contributed by atoms with Crippen molar-refractivity contribution in [2.45, 2.75) is 38.1 Å². The zero-order valence-electron chi connectivity index (χ0n) is 14.2. The van der Waals surface area contributed by atoms with E-state index < -0.39 is 9.84 Å². The summed E-state index contributed by atoms with van der Waals surface area (Å²) in [5.41, 5.74) is -0.0146. The summed E-state index contributed by atoms with van der Waals surface area (Å²) in [6.07, 6.45) is 1.11. The van der Waals surface area contributed by atoms with Crippen molar-refractivity contribution in [2.75, 3.05) is 19.3 Å². The van der Waals surface area contributed by atoms with Crippen LogP contribution in [0.15, 0.2) is 29.2 Å². The Morgan fingerprint density at radius 2 is 1.65 bits per heavy atom. The lowest BCUT2D eigenvalue weighted by Gasteiger charge is -2.25. The molecule has 0 aliphatic carbocycles. The Morgan fingerprint density at radius 3 is 2.04 bits per heavy atom. The molecule has 7 heteroatoms. The van der Waals surface area contributed by atoms with E-state index in [1.54, 1.807) is 6.92 Å². The SMILES string of the molecule is CCN(CC(=O)NC(C)(C)C)C(=O)c1ccc(S(C)(=O)=O)cc1. The van der Waals surface area contributed by atoms with Gasteiger partial charge in [0.1, 0.15) is 0 Å². The fourth-order valence-corrected chi connectivity index (χ4v) is 2.62. The molecule has 0 aliphatic rings. The summed E-state index contributed by atoms with van der Waals surface area (Å²) in [6, 6.07) is 5.71.